The Balaban J connectivity index is 1.96. The van der Waals surface area contributed by atoms with Crippen molar-refractivity contribution in [1.29, 1.82) is 0 Å². The molecular weight excluding hydrogens is 378 g/mol. The van der Waals surface area contributed by atoms with E-state index in [-0.39, 0.29) is 5.69 Å². The average molecular weight is 401 g/mol. The molecule has 8 nitrogen and oxygen atoms in total. The minimum absolute atomic E-state index is 0.118. The Morgan fingerprint density at radius 3 is 2.60 bits per heavy atom. The Bertz CT molecular complexity index is 1500. The van der Waals surface area contributed by atoms with Crippen molar-refractivity contribution in [2.24, 2.45) is 14.1 Å². The monoisotopic (exact) mass is 401 g/mol. The lowest BCUT2D eigenvalue weighted by molar-refractivity contribution is 0.756. The second kappa shape index (κ2) is 6.41. The van der Waals surface area contributed by atoms with Gasteiger partial charge in [0.15, 0.2) is 0 Å². The van der Waals surface area contributed by atoms with Crippen molar-refractivity contribution in [3.63, 3.8) is 0 Å². The normalized spacial score (nSPS) is 11.8. The summed E-state index contributed by atoms with van der Waals surface area (Å²) >= 11 is 0. The molecule has 0 amide bonds. The molecule has 5 aromatic rings. The van der Waals surface area contributed by atoms with Crippen LogP contribution in [0.1, 0.15) is 23.7 Å². The van der Waals surface area contributed by atoms with Crippen molar-refractivity contribution in [2.45, 2.75) is 27.2 Å². The van der Waals surface area contributed by atoms with Gasteiger partial charge in [-0.2, -0.15) is 10.2 Å². The summed E-state index contributed by atoms with van der Waals surface area (Å²) in [4.78, 5) is 17.9. The predicted octanol–water partition coefficient (Wildman–Crippen LogP) is 3.18. The van der Waals surface area contributed by atoms with Gasteiger partial charge in [-0.3, -0.25) is 23.9 Å². The molecule has 0 aliphatic heterocycles. The molecule has 30 heavy (non-hydrogen) atoms. The number of H-pyrrole nitrogens is 1. The zero-order chi connectivity index (χ0) is 21.2. The highest BCUT2D eigenvalue weighted by atomic mass is 16.1. The molecule has 0 saturated heterocycles. The highest BCUT2D eigenvalue weighted by Crippen LogP contribution is 2.33. The molecule has 0 spiro atoms. The lowest BCUT2D eigenvalue weighted by Crippen LogP contribution is -2.21. The van der Waals surface area contributed by atoms with E-state index in [1.165, 1.54) is 5.56 Å². The van der Waals surface area contributed by atoms with E-state index in [0.717, 1.165) is 56.6 Å². The molecule has 8 heteroatoms. The number of nitrogens with zero attached hydrogens (tertiary/aromatic N) is 6. The van der Waals surface area contributed by atoms with Crippen LogP contribution in [0.25, 0.3) is 38.9 Å². The number of rotatable bonds is 3. The standard InChI is InChI=1S/C22H23N7O/c1-6-14-7-17-16(8-15(14)20-12(2)9-24-25-20)21-18(10-23-17)28(5)22(30)29(21)19-11-27(4)26-13(19)3/h7-11H,6H2,1-5H3,(H,24,25). The molecular formula is C22H23N7O. The fourth-order valence-electron chi connectivity index (χ4n) is 4.25. The van der Waals surface area contributed by atoms with Gasteiger partial charge in [-0.05, 0) is 43.5 Å². The van der Waals surface area contributed by atoms with Gasteiger partial charge in [0, 0.05) is 37.4 Å². The number of fused-ring (bicyclic) bond motifs is 3. The summed E-state index contributed by atoms with van der Waals surface area (Å²) in [6, 6.07) is 4.23. The van der Waals surface area contributed by atoms with E-state index in [9.17, 15) is 4.79 Å². The largest absolute Gasteiger partial charge is 0.333 e. The molecule has 0 fully saturated rings. The van der Waals surface area contributed by atoms with Crippen LogP contribution >= 0.6 is 0 Å². The number of hydrogen-bond donors (Lipinski definition) is 1. The van der Waals surface area contributed by atoms with Gasteiger partial charge >= 0.3 is 5.69 Å². The quantitative estimate of drug-likeness (QED) is 0.503. The Labute approximate surface area is 172 Å². The molecule has 1 N–H and O–H groups in total. The van der Waals surface area contributed by atoms with E-state index in [1.807, 2.05) is 33.3 Å². The second-order valence-electron chi connectivity index (χ2n) is 7.74. The first-order valence-electron chi connectivity index (χ1n) is 9.95. The molecule has 152 valence electrons. The molecule has 1 aromatic carbocycles. The Morgan fingerprint density at radius 2 is 1.97 bits per heavy atom. The molecule has 0 saturated carbocycles. The van der Waals surface area contributed by atoms with Crippen molar-refractivity contribution >= 4 is 21.9 Å². The van der Waals surface area contributed by atoms with E-state index in [4.69, 9.17) is 0 Å². The minimum Gasteiger partial charge on any atom is -0.293 e. The molecule has 0 atom stereocenters. The van der Waals surface area contributed by atoms with Gasteiger partial charge in [0.1, 0.15) is 0 Å². The lowest BCUT2D eigenvalue weighted by Gasteiger charge is -2.11. The smallest absolute Gasteiger partial charge is 0.293 e. The van der Waals surface area contributed by atoms with Crippen LogP contribution in [0.2, 0.25) is 0 Å². The number of pyridine rings is 1. The van der Waals surface area contributed by atoms with Crippen molar-refractivity contribution in [2.75, 3.05) is 0 Å². The van der Waals surface area contributed by atoms with Crippen LogP contribution in [0.4, 0.5) is 0 Å². The van der Waals surface area contributed by atoms with Crippen LogP contribution in [0.15, 0.2) is 35.5 Å². The maximum Gasteiger partial charge on any atom is 0.333 e. The van der Waals surface area contributed by atoms with Crippen molar-refractivity contribution in [1.82, 2.24) is 34.1 Å². The number of aryl methyl sites for hydroxylation is 5. The number of hydrogen-bond acceptors (Lipinski definition) is 4. The van der Waals surface area contributed by atoms with Crippen LogP contribution in [0.3, 0.4) is 0 Å². The van der Waals surface area contributed by atoms with Crippen LogP contribution in [-0.2, 0) is 20.5 Å². The number of imidazole rings is 1. The number of benzene rings is 1. The maximum absolute atomic E-state index is 13.2. The lowest BCUT2D eigenvalue weighted by atomic mass is 9.97. The van der Waals surface area contributed by atoms with Crippen molar-refractivity contribution in [3.05, 3.63) is 58.0 Å². The molecule has 4 aromatic heterocycles. The highest BCUT2D eigenvalue weighted by molar-refractivity contribution is 6.05. The van der Waals surface area contributed by atoms with Gasteiger partial charge < -0.3 is 0 Å². The van der Waals surface area contributed by atoms with Crippen LogP contribution in [0, 0.1) is 13.8 Å². The third-order valence-electron chi connectivity index (χ3n) is 5.80. The van der Waals surface area contributed by atoms with E-state index in [1.54, 1.807) is 27.1 Å². The average Bonchev–Trinajstić information content (AvgIpc) is 3.37. The summed E-state index contributed by atoms with van der Waals surface area (Å²) in [5.41, 5.74) is 8.17. The summed E-state index contributed by atoms with van der Waals surface area (Å²) in [5.74, 6) is 0. The molecule has 0 aliphatic rings. The van der Waals surface area contributed by atoms with Crippen LogP contribution in [0.5, 0.6) is 0 Å². The van der Waals surface area contributed by atoms with Gasteiger partial charge in [0.05, 0.1) is 39.8 Å². The summed E-state index contributed by atoms with van der Waals surface area (Å²) in [6.45, 7) is 6.08. The number of nitrogens with one attached hydrogen (secondary N) is 1. The van der Waals surface area contributed by atoms with Crippen LogP contribution < -0.4 is 5.69 Å². The first-order chi connectivity index (χ1) is 14.4. The van der Waals surface area contributed by atoms with Gasteiger partial charge in [0.2, 0.25) is 0 Å². The third kappa shape index (κ3) is 2.46. The summed E-state index contributed by atoms with van der Waals surface area (Å²) < 4.78 is 5.11. The first-order valence-corrected chi connectivity index (χ1v) is 9.95. The second-order valence-corrected chi connectivity index (χ2v) is 7.74. The van der Waals surface area contributed by atoms with Gasteiger partial charge in [0.25, 0.3) is 0 Å². The van der Waals surface area contributed by atoms with E-state index >= 15 is 0 Å². The van der Waals surface area contributed by atoms with E-state index < -0.39 is 0 Å². The Kier molecular flexibility index (Phi) is 3.92. The fraction of sp³-hybridized carbons (Fsp3) is 0.273. The molecule has 4 heterocycles. The van der Waals surface area contributed by atoms with Gasteiger partial charge in [-0.25, -0.2) is 4.79 Å². The zero-order valence-corrected chi connectivity index (χ0v) is 17.7. The van der Waals surface area contributed by atoms with E-state index in [0.29, 0.717) is 0 Å². The SMILES string of the molecule is CCc1cc2ncc3c(c2cc1-c1n[nH]cc1C)n(-c1cn(C)nc1C)c(=O)n3C. The Morgan fingerprint density at radius 1 is 1.17 bits per heavy atom. The number of aromatic nitrogens is 7. The topological polar surface area (TPSA) is 86.3 Å². The van der Waals surface area contributed by atoms with Crippen LogP contribution in [-0.4, -0.2) is 34.1 Å². The molecule has 0 bridgehead atoms. The Hall–Kier alpha value is -3.68. The zero-order valence-electron chi connectivity index (χ0n) is 17.7. The van der Waals surface area contributed by atoms with Crippen molar-refractivity contribution in [3.8, 4) is 16.9 Å². The third-order valence-corrected chi connectivity index (χ3v) is 5.80. The minimum atomic E-state index is -0.118. The highest BCUT2D eigenvalue weighted by Gasteiger charge is 2.20. The molecule has 0 aliphatic carbocycles. The summed E-state index contributed by atoms with van der Waals surface area (Å²) in [7, 11) is 3.64. The summed E-state index contributed by atoms with van der Waals surface area (Å²) in [5, 5.41) is 12.8. The maximum atomic E-state index is 13.2. The van der Waals surface area contributed by atoms with Crippen molar-refractivity contribution < 1.29 is 0 Å². The van der Waals surface area contributed by atoms with Gasteiger partial charge in [-0.15, -0.1) is 0 Å². The number of aromatic amines is 1. The van der Waals surface area contributed by atoms with Gasteiger partial charge in [-0.1, -0.05) is 6.92 Å². The molecule has 5 rings (SSSR count). The predicted molar refractivity (Wildman–Crippen MR) is 117 cm³/mol. The molecule has 0 radical (unpaired) electrons. The summed E-state index contributed by atoms with van der Waals surface area (Å²) in [6.07, 6.45) is 6.41. The molecule has 0 unspecified atom stereocenters. The van der Waals surface area contributed by atoms with E-state index in [2.05, 4.69) is 39.3 Å². The fourth-order valence-corrected chi connectivity index (χ4v) is 4.25. The first kappa shape index (κ1) is 18.4.